The summed E-state index contributed by atoms with van der Waals surface area (Å²) in [7, 11) is -0.990. The Morgan fingerprint density at radius 1 is 1.62 bits per heavy atom. The molecule has 2 nitrogen and oxygen atoms in total. The number of ketones is 1. The van der Waals surface area contributed by atoms with Gasteiger partial charge in [-0.25, -0.2) is 0 Å². The first-order valence-corrected chi connectivity index (χ1v) is 6.63. The third-order valence-corrected chi connectivity index (χ3v) is 3.26. The van der Waals surface area contributed by atoms with Crippen molar-refractivity contribution < 1.29 is 9.00 Å². The SMILES string of the molecule is CS(=O)CC(=O)CCc1cccs1. The average molecular weight is 216 g/mol. The molecule has 1 rings (SSSR count). The van der Waals surface area contributed by atoms with Crippen molar-refractivity contribution in [2.75, 3.05) is 12.0 Å². The van der Waals surface area contributed by atoms with Crippen molar-refractivity contribution in [2.45, 2.75) is 12.8 Å². The van der Waals surface area contributed by atoms with Crippen molar-refractivity contribution in [3.05, 3.63) is 22.4 Å². The Kier molecular flexibility index (Phi) is 4.32. The van der Waals surface area contributed by atoms with Gasteiger partial charge in [-0.3, -0.25) is 9.00 Å². The van der Waals surface area contributed by atoms with Crippen molar-refractivity contribution in [1.29, 1.82) is 0 Å². The molecule has 0 fully saturated rings. The molecule has 1 atom stereocenters. The lowest BCUT2D eigenvalue weighted by Gasteiger charge is -1.96. The molecule has 1 aromatic rings. The van der Waals surface area contributed by atoms with Crippen LogP contribution in [-0.2, 0) is 22.0 Å². The zero-order valence-corrected chi connectivity index (χ0v) is 9.12. The fraction of sp³-hybridized carbons (Fsp3) is 0.444. The molecule has 0 bridgehead atoms. The highest BCUT2D eigenvalue weighted by Crippen LogP contribution is 2.10. The summed E-state index contributed by atoms with van der Waals surface area (Å²) in [6.45, 7) is 0. The van der Waals surface area contributed by atoms with Gasteiger partial charge >= 0.3 is 0 Å². The molecule has 0 radical (unpaired) electrons. The molecule has 1 heterocycles. The van der Waals surface area contributed by atoms with Gasteiger partial charge in [0.05, 0.1) is 5.75 Å². The van der Waals surface area contributed by atoms with Crippen molar-refractivity contribution in [2.24, 2.45) is 0 Å². The second-order valence-electron chi connectivity index (χ2n) is 2.84. The highest BCUT2D eigenvalue weighted by molar-refractivity contribution is 7.85. The number of carbonyl (C=O) groups excluding carboxylic acids is 1. The van der Waals surface area contributed by atoms with Crippen LogP contribution >= 0.6 is 11.3 Å². The maximum Gasteiger partial charge on any atom is 0.145 e. The van der Waals surface area contributed by atoms with Crippen LogP contribution in [0.15, 0.2) is 17.5 Å². The number of aryl methyl sites for hydroxylation is 1. The lowest BCUT2D eigenvalue weighted by Crippen LogP contribution is -2.09. The van der Waals surface area contributed by atoms with Crippen LogP contribution in [0.4, 0.5) is 0 Å². The number of thiophene rings is 1. The minimum atomic E-state index is -0.990. The zero-order valence-electron chi connectivity index (χ0n) is 7.49. The smallest absolute Gasteiger partial charge is 0.145 e. The molecule has 13 heavy (non-hydrogen) atoms. The van der Waals surface area contributed by atoms with E-state index in [2.05, 4.69) is 0 Å². The second kappa shape index (κ2) is 5.29. The van der Waals surface area contributed by atoms with Crippen LogP contribution in [0.3, 0.4) is 0 Å². The second-order valence-corrected chi connectivity index (χ2v) is 5.30. The third-order valence-electron chi connectivity index (χ3n) is 1.59. The minimum absolute atomic E-state index is 0.0919. The standard InChI is InChI=1S/C9H12O2S2/c1-13(11)7-8(10)4-5-9-3-2-6-12-9/h2-3,6H,4-5,7H2,1H3. The topological polar surface area (TPSA) is 34.1 Å². The number of rotatable bonds is 5. The van der Waals surface area contributed by atoms with Gasteiger partial charge in [-0.1, -0.05) is 6.07 Å². The van der Waals surface area contributed by atoms with E-state index in [1.54, 1.807) is 17.6 Å². The summed E-state index contributed by atoms with van der Waals surface area (Å²) in [5, 5.41) is 2.00. The Morgan fingerprint density at radius 3 is 2.92 bits per heavy atom. The summed E-state index contributed by atoms with van der Waals surface area (Å²) < 4.78 is 10.7. The molecule has 1 aromatic heterocycles. The van der Waals surface area contributed by atoms with Crippen molar-refractivity contribution >= 4 is 27.9 Å². The van der Waals surface area contributed by atoms with Gasteiger partial charge < -0.3 is 0 Å². The third kappa shape index (κ3) is 4.33. The Hall–Kier alpha value is -0.480. The fourth-order valence-corrected chi connectivity index (χ4v) is 2.32. The van der Waals surface area contributed by atoms with E-state index in [9.17, 15) is 9.00 Å². The molecule has 0 saturated carbocycles. The van der Waals surface area contributed by atoms with E-state index in [-0.39, 0.29) is 11.5 Å². The van der Waals surface area contributed by atoms with Gasteiger partial charge in [-0.05, 0) is 17.9 Å². The summed E-state index contributed by atoms with van der Waals surface area (Å²) in [6.07, 6.45) is 2.86. The van der Waals surface area contributed by atoms with Crippen LogP contribution in [0.5, 0.6) is 0 Å². The van der Waals surface area contributed by atoms with E-state index in [0.717, 1.165) is 6.42 Å². The lowest BCUT2D eigenvalue weighted by molar-refractivity contribution is -0.116. The van der Waals surface area contributed by atoms with Crippen LogP contribution in [0.1, 0.15) is 11.3 Å². The monoisotopic (exact) mass is 216 g/mol. The first-order valence-electron chi connectivity index (χ1n) is 4.02. The predicted molar refractivity (Wildman–Crippen MR) is 56.6 cm³/mol. The van der Waals surface area contributed by atoms with Crippen molar-refractivity contribution in [3.8, 4) is 0 Å². The fourth-order valence-electron chi connectivity index (χ4n) is 1.02. The molecule has 1 unspecified atom stereocenters. The van der Waals surface area contributed by atoms with E-state index in [4.69, 9.17) is 0 Å². The highest BCUT2D eigenvalue weighted by Gasteiger charge is 2.04. The molecule has 0 aliphatic carbocycles. The number of carbonyl (C=O) groups is 1. The minimum Gasteiger partial charge on any atom is -0.299 e. The van der Waals surface area contributed by atoms with Gasteiger partial charge in [-0.2, -0.15) is 0 Å². The average Bonchev–Trinajstić information content (AvgIpc) is 2.51. The largest absolute Gasteiger partial charge is 0.299 e. The summed E-state index contributed by atoms with van der Waals surface area (Å²) in [5.74, 6) is 0.292. The normalized spacial score (nSPS) is 12.7. The van der Waals surface area contributed by atoms with Gasteiger partial charge in [0.2, 0.25) is 0 Å². The molecule has 0 saturated heterocycles. The van der Waals surface area contributed by atoms with Crippen molar-refractivity contribution in [1.82, 2.24) is 0 Å². The van der Waals surface area contributed by atoms with E-state index < -0.39 is 10.8 Å². The molecule has 72 valence electrons. The van der Waals surface area contributed by atoms with Crippen molar-refractivity contribution in [3.63, 3.8) is 0 Å². The summed E-state index contributed by atoms with van der Waals surface area (Å²) in [6, 6.07) is 3.99. The Morgan fingerprint density at radius 2 is 2.38 bits per heavy atom. The molecule has 0 aliphatic rings. The number of hydrogen-bond donors (Lipinski definition) is 0. The maximum atomic E-state index is 11.2. The summed E-state index contributed by atoms with van der Waals surface area (Å²) >= 11 is 1.66. The number of hydrogen-bond acceptors (Lipinski definition) is 3. The van der Waals surface area contributed by atoms with Gasteiger partial charge in [0, 0.05) is 28.4 Å². The molecular formula is C9H12O2S2. The Labute approximate surface area is 84.4 Å². The van der Waals surface area contributed by atoms with Crippen LogP contribution in [0, 0.1) is 0 Å². The molecule has 4 heteroatoms. The highest BCUT2D eigenvalue weighted by atomic mass is 32.2. The first kappa shape index (κ1) is 10.6. The Bertz CT molecular complexity index is 291. The molecule has 0 aromatic carbocycles. The number of Topliss-reactive ketones (excluding diaryl/α,β-unsaturated/α-hetero) is 1. The molecule has 0 aliphatic heterocycles. The molecular weight excluding hydrogens is 204 g/mol. The first-order chi connectivity index (χ1) is 6.18. The quantitative estimate of drug-likeness (QED) is 0.749. The lowest BCUT2D eigenvalue weighted by atomic mass is 10.2. The van der Waals surface area contributed by atoms with Crippen LogP contribution in [0.25, 0.3) is 0 Å². The molecule has 0 N–H and O–H groups in total. The summed E-state index contributed by atoms with van der Waals surface area (Å²) in [5.41, 5.74) is 0. The Balaban J connectivity index is 2.27. The zero-order chi connectivity index (χ0) is 9.68. The molecule has 0 amide bonds. The van der Waals surface area contributed by atoms with E-state index in [0.29, 0.717) is 6.42 Å². The van der Waals surface area contributed by atoms with E-state index in [1.165, 1.54) is 4.88 Å². The molecule has 0 spiro atoms. The van der Waals surface area contributed by atoms with E-state index >= 15 is 0 Å². The van der Waals surface area contributed by atoms with Gasteiger partial charge in [0.15, 0.2) is 0 Å². The van der Waals surface area contributed by atoms with Gasteiger partial charge in [0.25, 0.3) is 0 Å². The van der Waals surface area contributed by atoms with Crippen LogP contribution < -0.4 is 0 Å². The summed E-state index contributed by atoms with van der Waals surface area (Å²) in [4.78, 5) is 12.4. The van der Waals surface area contributed by atoms with Gasteiger partial charge in [-0.15, -0.1) is 11.3 Å². The van der Waals surface area contributed by atoms with E-state index in [1.807, 2.05) is 17.5 Å². The maximum absolute atomic E-state index is 11.2. The van der Waals surface area contributed by atoms with Crippen LogP contribution in [0.2, 0.25) is 0 Å². The van der Waals surface area contributed by atoms with Crippen LogP contribution in [-0.4, -0.2) is 22.0 Å². The van der Waals surface area contributed by atoms with Gasteiger partial charge in [0.1, 0.15) is 5.78 Å². The predicted octanol–water partition coefficient (Wildman–Crippen LogP) is 1.63.